The van der Waals surface area contributed by atoms with Crippen LogP contribution in [0, 0.1) is 0 Å². The van der Waals surface area contributed by atoms with Gasteiger partial charge in [0.15, 0.2) is 0 Å². The summed E-state index contributed by atoms with van der Waals surface area (Å²) in [5.41, 5.74) is 7.35. The summed E-state index contributed by atoms with van der Waals surface area (Å²) in [4.78, 5) is 14.1. The van der Waals surface area contributed by atoms with Gasteiger partial charge < -0.3 is 4.90 Å². The van der Waals surface area contributed by atoms with Gasteiger partial charge in [-0.15, -0.1) is 0 Å². The summed E-state index contributed by atoms with van der Waals surface area (Å²) in [6, 6.07) is 7.89. The minimum absolute atomic E-state index is 0.121. The average Bonchev–Trinajstić information content (AvgIpc) is 2.87. The number of nitrogens with zero attached hydrogens (tertiary/aromatic N) is 1. The van der Waals surface area contributed by atoms with Gasteiger partial charge in [-0.2, -0.15) is 0 Å². The van der Waals surface area contributed by atoms with Gasteiger partial charge in [-0.05, 0) is 30.5 Å². The summed E-state index contributed by atoms with van der Waals surface area (Å²) < 4.78 is 0. The number of rotatable bonds is 5. The quantitative estimate of drug-likeness (QED) is 0.876. The lowest BCUT2D eigenvalue weighted by Gasteiger charge is -2.21. The van der Waals surface area contributed by atoms with Crippen LogP contribution in [0.3, 0.4) is 0 Å². The monoisotopic (exact) mass is 295 g/mol. The predicted octanol–water partition coefficient (Wildman–Crippen LogP) is 2.33. The van der Waals surface area contributed by atoms with Crippen LogP contribution in [0.2, 0.25) is 5.02 Å². The van der Waals surface area contributed by atoms with Crippen LogP contribution >= 0.6 is 11.6 Å². The Labute approximate surface area is 125 Å². The van der Waals surface area contributed by atoms with E-state index in [0.29, 0.717) is 17.6 Å². The van der Waals surface area contributed by atoms with Crippen LogP contribution in [-0.4, -0.2) is 29.9 Å². The molecule has 1 aromatic rings. The maximum absolute atomic E-state index is 12.4. The van der Waals surface area contributed by atoms with Crippen molar-refractivity contribution in [2.45, 2.75) is 44.8 Å². The molecule has 4 nitrogen and oxygen atoms in total. The van der Waals surface area contributed by atoms with E-state index in [1.54, 1.807) is 4.90 Å². The minimum Gasteiger partial charge on any atom is -0.340 e. The van der Waals surface area contributed by atoms with E-state index in [1.807, 2.05) is 31.3 Å². The molecule has 0 radical (unpaired) electrons. The second-order valence-electron chi connectivity index (χ2n) is 5.39. The van der Waals surface area contributed by atoms with Crippen LogP contribution in [0.4, 0.5) is 0 Å². The second-order valence-corrected chi connectivity index (χ2v) is 5.82. The second kappa shape index (κ2) is 7.07. The molecule has 2 unspecified atom stereocenters. The van der Waals surface area contributed by atoms with Crippen molar-refractivity contribution >= 4 is 17.5 Å². The highest BCUT2D eigenvalue weighted by molar-refractivity contribution is 6.30. The maximum Gasteiger partial charge on any atom is 0.241 e. The number of amides is 1. The van der Waals surface area contributed by atoms with E-state index in [4.69, 9.17) is 11.6 Å². The first-order chi connectivity index (χ1) is 9.60. The molecule has 110 valence electrons. The van der Waals surface area contributed by atoms with Crippen molar-refractivity contribution in [1.82, 2.24) is 15.8 Å². The third kappa shape index (κ3) is 3.95. The molecule has 1 heterocycles. The van der Waals surface area contributed by atoms with Gasteiger partial charge in [0, 0.05) is 24.7 Å². The molecule has 0 aromatic heterocycles. The van der Waals surface area contributed by atoms with Crippen LogP contribution in [0.15, 0.2) is 24.3 Å². The Hall–Kier alpha value is -1.10. The molecule has 1 aliphatic rings. The van der Waals surface area contributed by atoms with Crippen molar-refractivity contribution < 1.29 is 4.79 Å². The Balaban J connectivity index is 1.89. The highest BCUT2D eigenvalue weighted by Gasteiger charge is 2.30. The van der Waals surface area contributed by atoms with Gasteiger partial charge in [-0.25, -0.2) is 5.43 Å². The van der Waals surface area contributed by atoms with Crippen molar-refractivity contribution in [3.05, 3.63) is 34.9 Å². The molecule has 20 heavy (non-hydrogen) atoms. The largest absolute Gasteiger partial charge is 0.340 e. The number of carbonyl (C=O) groups is 1. The number of likely N-dealkylation sites (N-methyl/N-ethyl adjacent to an activating group) is 1. The van der Waals surface area contributed by atoms with E-state index in [2.05, 4.69) is 17.8 Å². The van der Waals surface area contributed by atoms with Gasteiger partial charge in [-0.1, -0.05) is 37.1 Å². The highest BCUT2D eigenvalue weighted by atomic mass is 35.5. The Kier molecular flexibility index (Phi) is 5.40. The van der Waals surface area contributed by atoms with E-state index in [9.17, 15) is 4.79 Å². The SMILES string of the molecule is CCCC1CC(C(=O)N(C)Cc2cccc(Cl)c2)NN1. The molecular formula is C15H22ClN3O. The number of hydrogen-bond acceptors (Lipinski definition) is 3. The van der Waals surface area contributed by atoms with Gasteiger partial charge in [-0.3, -0.25) is 10.2 Å². The normalized spacial score (nSPS) is 21.9. The fourth-order valence-electron chi connectivity index (χ4n) is 2.57. The van der Waals surface area contributed by atoms with E-state index in [0.717, 1.165) is 24.8 Å². The number of halogens is 1. The van der Waals surface area contributed by atoms with Crippen molar-refractivity contribution in [2.24, 2.45) is 0 Å². The lowest BCUT2D eigenvalue weighted by atomic mass is 10.1. The first-order valence-electron chi connectivity index (χ1n) is 7.10. The number of hydrazine groups is 1. The van der Waals surface area contributed by atoms with Crippen LogP contribution in [0.5, 0.6) is 0 Å². The van der Waals surface area contributed by atoms with Crippen molar-refractivity contribution in [3.8, 4) is 0 Å². The van der Waals surface area contributed by atoms with Gasteiger partial charge >= 0.3 is 0 Å². The molecule has 0 saturated carbocycles. The Morgan fingerprint density at radius 2 is 2.25 bits per heavy atom. The number of benzene rings is 1. The first kappa shape index (κ1) is 15.3. The van der Waals surface area contributed by atoms with E-state index in [-0.39, 0.29) is 11.9 Å². The first-order valence-corrected chi connectivity index (χ1v) is 7.48. The molecule has 0 spiro atoms. The molecule has 2 rings (SSSR count). The van der Waals surface area contributed by atoms with Gasteiger partial charge in [0.25, 0.3) is 0 Å². The highest BCUT2D eigenvalue weighted by Crippen LogP contribution is 2.15. The number of carbonyl (C=O) groups excluding carboxylic acids is 1. The fourth-order valence-corrected chi connectivity index (χ4v) is 2.79. The van der Waals surface area contributed by atoms with E-state index < -0.39 is 0 Å². The smallest absolute Gasteiger partial charge is 0.241 e. The standard InChI is InChI=1S/C15H22ClN3O/c1-3-5-13-9-14(18-17-13)15(20)19(2)10-11-6-4-7-12(16)8-11/h4,6-8,13-14,17-18H,3,5,9-10H2,1-2H3. The summed E-state index contributed by atoms with van der Waals surface area (Å²) in [5, 5.41) is 0.701. The maximum atomic E-state index is 12.4. The zero-order valence-corrected chi connectivity index (χ0v) is 12.8. The molecule has 1 saturated heterocycles. The summed E-state index contributed by atoms with van der Waals surface area (Å²) in [5.74, 6) is 0.121. The van der Waals surface area contributed by atoms with E-state index in [1.165, 1.54) is 0 Å². The molecule has 0 bridgehead atoms. The summed E-state index contributed by atoms with van der Waals surface area (Å²) in [6.45, 7) is 2.73. The molecule has 1 fully saturated rings. The lowest BCUT2D eigenvalue weighted by molar-refractivity contribution is -0.132. The topological polar surface area (TPSA) is 44.4 Å². The number of nitrogens with one attached hydrogen (secondary N) is 2. The molecule has 1 aromatic carbocycles. The van der Waals surface area contributed by atoms with Gasteiger partial charge in [0.1, 0.15) is 6.04 Å². The molecule has 2 atom stereocenters. The third-order valence-electron chi connectivity index (χ3n) is 3.60. The zero-order chi connectivity index (χ0) is 14.5. The molecular weight excluding hydrogens is 274 g/mol. The summed E-state index contributed by atoms with van der Waals surface area (Å²) in [6.07, 6.45) is 3.07. The Bertz CT molecular complexity index is 466. The molecule has 0 aliphatic carbocycles. The number of hydrogen-bond donors (Lipinski definition) is 2. The van der Waals surface area contributed by atoms with Crippen LogP contribution in [0.1, 0.15) is 31.7 Å². The van der Waals surface area contributed by atoms with Crippen LogP contribution in [-0.2, 0) is 11.3 Å². The average molecular weight is 296 g/mol. The van der Waals surface area contributed by atoms with Gasteiger partial charge in [0.2, 0.25) is 5.91 Å². The molecule has 5 heteroatoms. The van der Waals surface area contributed by atoms with E-state index >= 15 is 0 Å². The Morgan fingerprint density at radius 3 is 2.95 bits per heavy atom. The molecule has 1 amide bonds. The molecule has 1 aliphatic heterocycles. The fraction of sp³-hybridized carbons (Fsp3) is 0.533. The van der Waals surface area contributed by atoms with Crippen LogP contribution in [0.25, 0.3) is 0 Å². The zero-order valence-electron chi connectivity index (χ0n) is 12.0. The molecule has 2 N–H and O–H groups in total. The van der Waals surface area contributed by atoms with Crippen molar-refractivity contribution in [2.75, 3.05) is 7.05 Å². The van der Waals surface area contributed by atoms with Gasteiger partial charge in [0.05, 0.1) is 0 Å². The summed E-state index contributed by atoms with van der Waals surface area (Å²) >= 11 is 5.96. The lowest BCUT2D eigenvalue weighted by Crippen LogP contribution is -2.43. The predicted molar refractivity (Wildman–Crippen MR) is 81.3 cm³/mol. The van der Waals surface area contributed by atoms with Crippen LogP contribution < -0.4 is 10.9 Å². The van der Waals surface area contributed by atoms with Crippen molar-refractivity contribution in [1.29, 1.82) is 0 Å². The van der Waals surface area contributed by atoms with Crippen molar-refractivity contribution in [3.63, 3.8) is 0 Å². The third-order valence-corrected chi connectivity index (χ3v) is 3.84. The summed E-state index contributed by atoms with van der Waals surface area (Å²) in [7, 11) is 1.83. The minimum atomic E-state index is -0.129. The Morgan fingerprint density at radius 1 is 1.45 bits per heavy atom.